The second-order valence-electron chi connectivity index (χ2n) is 3.73. The van der Waals surface area contributed by atoms with Crippen LogP contribution >= 0.6 is 0 Å². The van der Waals surface area contributed by atoms with Crippen molar-refractivity contribution in [1.82, 2.24) is 9.97 Å². The van der Waals surface area contributed by atoms with Crippen LogP contribution in [0.3, 0.4) is 0 Å². The lowest BCUT2D eigenvalue weighted by molar-refractivity contribution is 0.171. The molecule has 1 aromatic carbocycles. The highest BCUT2D eigenvalue weighted by molar-refractivity contribution is 5.63. The Morgan fingerprint density at radius 2 is 2.00 bits per heavy atom. The number of nitrogens with zero attached hydrogens (tertiary/aromatic N) is 1. The fourth-order valence-electron chi connectivity index (χ4n) is 1.77. The van der Waals surface area contributed by atoms with E-state index in [-0.39, 0.29) is 0 Å². The molecule has 0 aliphatic carbocycles. The minimum Gasteiger partial charge on any atom is -0.486 e. The number of benzene rings is 1. The van der Waals surface area contributed by atoms with Crippen molar-refractivity contribution in [1.29, 1.82) is 0 Å². The summed E-state index contributed by atoms with van der Waals surface area (Å²) in [7, 11) is 0. The summed E-state index contributed by atoms with van der Waals surface area (Å²) >= 11 is 0. The molecule has 1 aromatic heterocycles. The van der Waals surface area contributed by atoms with Gasteiger partial charge in [-0.15, -0.1) is 0 Å². The molecule has 16 heavy (non-hydrogen) atoms. The van der Waals surface area contributed by atoms with Crippen molar-refractivity contribution in [3.05, 3.63) is 30.2 Å². The molecule has 1 aliphatic rings. The SMILES string of the molecule is Cc1nc(-c2ccc3c(c2)OCCO3)c[nH]1. The molecule has 0 spiro atoms. The molecule has 0 unspecified atom stereocenters. The fourth-order valence-corrected chi connectivity index (χ4v) is 1.77. The topological polar surface area (TPSA) is 47.1 Å². The number of nitrogens with one attached hydrogen (secondary N) is 1. The molecule has 2 aromatic rings. The Labute approximate surface area is 93.2 Å². The molecule has 1 aliphatic heterocycles. The summed E-state index contributed by atoms with van der Waals surface area (Å²) in [6, 6.07) is 5.88. The number of aryl methyl sites for hydroxylation is 1. The van der Waals surface area contributed by atoms with Gasteiger partial charge in [-0.25, -0.2) is 4.98 Å². The lowest BCUT2D eigenvalue weighted by Gasteiger charge is -2.18. The van der Waals surface area contributed by atoms with E-state index in [0.717, 1.165) is 28.6 Å². The number of fused-ring (bicyclic) bond motifs is 1. The van der Waals surface area contributed by atoms with Gasteiger partial charge in [0.1, 0.15) is 19.0 Å². The lowest BCUT2D eigenvalue weighted by Crippen LogP contribution is -2.15. The van der Waals surface area contributed by atoms with Crippen LogP contribution in [0.15, 0.2) is 24.4 Å². The van der Waals surface area contributed by atoms with Crippen LogP contribution in [-0.2, 0) is 0 Å². The smallest absolute Gasteiger partial charge is 0.162 e. The molecule has 0 atom stereocenters. The Kier molecular flexibility index (Phi) is 2.06. The Morgan fingerprint density at radius 3 is 2.75 bits per heavy atom. The average molecular weight is 216 g/mol. The van der Waals surface area contributed by atoms with Gasteiger partial charge in [-0.3, -0.25) is 0 Å². The van der Waals surface area contributed by atoms with Crippen molar-refractivity contribution >= 4 is 0 Å². The second kappa shape index (κ2) is 3.56. The highest BCUT2D eigenvalue weighted by Gasteiger charge is 2.13. The van der Waals surface area contributed by atoms with Gasteiger partial charge in [-0.2, -0.15) is 0 Å². The van der Waals surface area contributed by atoms with E-state index in [1.807, 2.05) is 31.3 Å². The van der Waals surface area contributed by atoms with E-state index in [1.165, 1.54) is 0 Å². The molecule has 4 nitrogen and oxygen atoms in total. The van der Waals surface area contributed by atoms with Crippen LogP contribution in [0.1, 0.15) is 5.82 Å². The average Bonchev–Trinajstić information content (AvgIpc) is 2.75. The first-order valence-electron chi connectivity index (χ1n) is 5.25. The van der Waals surface area contributed by atoms with Crippen LogP contribution in [0.5, 0.6) is 11.5 Å². The van der Waals surface area contributed by atoms with Gasteiger partial charge < -0.3 is 14.5 Å². The summed E-state index contributed by atoms with van der Waals surface area (Å²) in [6.45, 7) is 3.16. The Balaban J connectivity index is 2.02. The van der Waals surface area contributed by atoms with Gasteiger partial charge in [0.05, 0.1) is 5.69 Å². The van der Waals surface area contributed by atoms with Crippen molar-refractivity contribution in [2.75, 3.05) is 13.2 Å². The minimum absolute atomic E-state index is 0.607. The van der Waals surface area contributed by atoms with E-state index >= 15 is 0 Å². The van der Waals surface area contributed by atoms with Crippen molar-refractivity contribution < 1.29 is 9.47 Å². The molecular weight excluding hydrogens is 204 g/mol. The van der Waals surface area contributed by atoms with E-state index in [4.69, 9.17) is 9.47 Å². The zero-order chi connectivity index (χ0) is 11.0. The quantitative estimate of drug-likeness (QED) is 0.794. The third kappa shape index (κ3) is 1.52. The number of aromatic nitrogens is 2. The highest BCUT2D eigenvalue weighted by atomic mass is 16.6. The Morgan fingerprint density at radius 1 is 1.19 bits per heavy atom. The van der Waals surface area contributed by atoms with Gasteiger partial charge >= 0.3 is 0 Å². The normalized spacial score (nSPS) is 13.8. The highest BCUT2D eigenvalue weighted by Crippen LogP contribution is 2.33. The van der Waals surface area contributed by atoms with Gasteiger partial charge in [0.15, 0.2) is 11.5 Å². The van der Waals surface area contributed by atoms with E-state index in [9.17, 15) is 0 Å². The van der Waals surface area contributed by atoms with Crippen LogP contribution in [0.2, 0.25) is 0 Å². The third-order valence-electron chi connectivity index (χ3n) is 2.54. The number of aromatic amines is 1. The predicted octanol–water partition coefficient (Wildman–Crippen LogP) is 2.16. The molecular formula is C12H12N2O2. The van der Waals surface area contributed by atoms with E-state index < -0.39 is 0 Å². The summed E-state index contributed by atoms with van der Waals surface area (Å²) in [5, 5.41) is 0. The molecule has 4 heteroatoms. The minimum atomic E-state index is 0.607. The maximum Gasteiger partial charge on any atom is 0.162 e. The largest absolute Gasteiger partial charge is 0.486 e. The third-order valence-corrected chi connectivity index (χ3v) is 2.54. The van der Waals surface area contributed by atoms with Crippen LogP contribution in [0.25, 0.3) is 11.3 Å². The Hall–Kier alpha value is -1.97. The fraction of sp³-hybridized carbons (Fsp3) is 0.250. The van der Waals surface area contributed by atoms with Crippen molar-refractivity contribution in [2.45, 2.75) is 6.92 Å². The molecule has 0 saturated carbocycles. The number of H-pyrrole nitrogens is 1. The zero-order valence-electron chi connectivity index (χ0n) is 8.99. The number of rotatable bonds is 1. The molecule has 0 saturated heterocycles. The van der Waals surface area contributed by atoms with Crippen LogP contribution < -0.4 is 9.47 Å². The maximum atomic E-state index is 5.53. The summed E-state index contributed by atoms with van der Waals surface area (Å²) < 4.78 is 11.0. The summed E-state index contributed by atoms with van der Waals surface area (Å²) in [5.41, 5.74) is 1.96. The van der Waals surface area contributed by atoms with Crippen molar-refractivity contribution in [3.8, 4) is 22.8 Å². The predicted molar refractivity (Wildman–Crippen MR) is 59.8 cm³/mol. The molecule has 82 valence electrons. The van der Waals surface area contributed by atoms with E-state index in [0.29, 0.717) is 13.2 Å². The first kappa shape index (κ1) is 9.27. The molecule has 3 rings (SSSR count). The molecule has 0 bridgehead atoms. The second-order valence-corrected chi connectivity index (χ2v) is 3.73. The Bertz CT molecular complexity index is 519. The van der Waals surface area contributed by atoms with Crippen LogP contribution in [0.4, 0.5) is 0 Å². The molecule has 1 N–H and O–H groups in total. The summed E-state index contributed by atoms with van der Waals surface area (Å²) in [5.74, 6) is 2.51. The molecule has 2 heterocycles. The van der Waals surface area contributed by atoms with Crippen LogP contribution in [-0.4, -0.2) is 23.2 Å². The number of hydrogen-bond donors (Lipinski definition) is 1. The number of imidazole rings is 1. The first-order chi connectivity index (χ1) is 7.83. The van der Waals surface area contributed by atoms with Crippen molar-refractivity contribution in [2.24, 2.45) is 0 Å². The molecule has 0 fully saturated rings. The van der Waals surface area contributed by atoms with E-state index in [2.05, 4.69) is 9.97 Å². The lowest BCUT2D eigenvalue weighted by atomic mass is 10.1. The van der Waals surface area contributed by atoms with Crippen molar-refractivity contribution in [3.63, 3.8) is 0 Å². The van der Waals surface area contributed by atoms with Gasteiger partial charge in [0.2, 0.25) is 0 Å². The molecule has 0 amide bonds. The van der Waals surface area contributed by atoms with Gasteiger partial charge in [-0.05, 0) is 25.1 Å². The number of hydrogen-bond acceptors (Lipinski definition) is 3. The van der Waals surface area contributed by atoms with Gasteiger partial charge in [0, 0.05) is 11.8 Å². The van der Waals surface area contributed by atoms with Gasteiger partial charge in [0.25, 0.3) is 0 Å². The van der Waals surface area contributed by atoms with Crippen LogP contribution in [0, 0.1) is 6.92 Å². The molecule has 0 radical (unpaired) electrons. The number of ether oxygens (including phenoxy) is 2. The maximum absolute atomic E-state index is 5.53. The van der Waals surface area contributed by atoms with Gasteiger partial charge in [-0.1, -0.05) is 0 Å². The standard InChI is InChI=1S/C12H12N2O2/c1-8-13-7-10(14-8)9-2-3-11-12(6-9)16-5-4-15-11/h2-3,6-7H,4-5H2,1H3,(H,13,14). The monoisotopic (exact) mass is 216 g/mol. The summed E-state index contributed by atoms with van der Waals surface area (Å²) in [4.78, 5) is 7.44. The van der Waals surface area contributed by atoms with E-state index in [1.54, 1.807) is 0 Å². The summed E-state index contributed by atoms with van der Waals surface area (Å²) in [6.07, 6.45) is 1.89. The first-order valence-corrected chi connectivity index (χ1v) is 5.25. The zero-order valence-corrected chi connectivity index (χ0v) is 8.99.